The Hall–Kier alpha value is -3.57. The maximum atomic E-state index is 13.7. The molecule has 1 saturated carbocycles. The van der Waals surface area contributed by atoms with Crippen molar-refractivity contribution in [2.75, 3.05) is 13.2 Å². The first kappa shape index (κ1) is 22.2. The molecule has 1 saturated heterocycles. The van der Waals surface area contributed by atoms with Crippen LogP contribution in [0.15, 0.2) is 29.0 Å². The van der Waals surface area contributed by atoms with Gasteiger partial charge >= 0.3 is 12.2 Å². The summed E-state index contributed by atoms with van der Waals surface area (Å²) in [6, 6.07) is 3.02. The van der Waals surface area contributed by atoms with E-state index in [1.807, 2.05) is 0 Å². The highest BCUT2D eigenvalue weighted by Gasteiger charge is 2.48. The van der Waals surface area contributed by atoms with Gasteiger partial charge in [0.1, 0.15) is 12.3 Å². The number of carbonyl (C=O) groups is 1. The molecule has 1 amide bonds. The summed E-state index contributed by atoms with van der Waals surface area (Å²) in [6.07, 6.45) is -1.43. The third kappa shape index (κ3) is 4.44. The number of aryl methyl sites for hydroxylation is 2. The normalized spacial score (nSPS) is 21.8. The monoisotopic (exact) mass is 474 g/mol. The summed E-state index contributed by atoms with van der Waals surface area (Å²) >= 11 is 0. The second-order valence-electron chi connectivity index (χ2n) is 8.66. The lowest BCUT2D eigenvalue weighted by atomic mass is 10.0. The van der Waals surface area contributed by atoms with Crippen molar-refractivity contribution < 1.29 is 27.2 Å². The molecule has 3 aromatic rings. The number of hydrogen-bond acceptors (Lipinski definition) is 8. The standard InChI is InChI=1S/C22H21F3N6O3/c1-11-3-4-17(19-29-12(2)30-34-19)18(28-11)20(32)31-9-14-5-13(14)6-16(31)10-33-21-26-7-15(8-27-21)22(23,24)25/h3-4,7-8,13-14,16H,5-6,9-10H2,1-2H3. The van der Waals surface area contributed by atoms with Crippen molar-refractivity contribution in [3.05, 3.63) is 47.3 Å². The van der Waals surface area contributed by atoms with Gasteiger partial charge in [-0.15, -0.1) is 0 Å². The topological polar surface area (TPSA) is 107 Å². The number of fused-ring (bicyclic) bond motifs is 1. The van der Waals surface area contributed by atoms with Gasteiger partial charge in [0, 0.05) is 24.6 Å². The molecule has 178 valence electrons. The van der Waals surface area contributed by atoms with Crippen LogP contribution in [-0.2, 0) is 6.18 Å². The molecule has 3 unspecified atom stereocenters. The number of ether oxygens (including phenoxy) is 1. The fraction of sp³-hybridized carbons (Fsp3) is 0.455. The molecule has 12 heteroatoms. The number of nitrogens with zero attached hydrogens (tertiary/aromatic N) is 6. The van der Waals surface area contributed by atoms with E-state index in [2.05, 4.69) is 25.1 Å². The minimum atomic E-state index is -4.53. The highest BCUT2D eigenvalue weighted by molar-refractivity contribution is 5.98. The number of amides is 1. The van der Waals surface area contributed by atoms with Gasteiger partial charge in [-0.05, 0) is 50.7 Å². The first-order chi connectivity index (χ1) is 16.2. The molecule has 34 heavy (non-hydrogen) atoms. The molecule has 3 aromatic heterocycles. The number of hydrogen-bond donors (Lipinski definition) is 0. The van der Waals surface area contributed by atoms with Crippen LogP contribution in [0.3, 0.4) is 0 Å². The van der Waals surface area contributed by atoms with Crippen molar-refractivity contribution in [1.82, 2.24) is 30.0 Å². The van der Waals surface area contributed by atoms with Crippen LogP contribution in [0.1, 0.15) is 40.4 Å². The molecule has 3 atom stereocenters. The van der Waals surface area contributed by atoms with E-state index in [-0.39, 0.29) is 36.2 Å². The summed E-state index contributed by atoms with van der Waals surface area (Å²) in [6.45, 7) is 4.07. The Bertz CT molecular complexity index is 1210. The van der Waals surface area contributed by atoms with Crippen molar-refractivity contribution in [2.24, 2.45) is 11.8 Å². The van der Waals surface area contributed by atoms with E-state index in [0.717, 1.165) is 12.8 Å². The maximum absolute atomic E-state index is 13.7. The molecule has 5 rings (SSSR count). The van der Waals surface area contributed by atoms with Crippen LogP contribution in [0.2, 0.25) is 0 Å². The maximum Gasteiger partial charge on any atom is 0.419 e. The van der Waals surface area contributed by atoms with Gasteiger partial charge in [-0.2, -0.15) is 18.2 Å². The smallest absolute Gasteiger partial charge is 0.419 e. The van der Waals surface area contributed by atoms with Gasteiger partial charge in [-0.25, -0.2) is 15.0 Å². The van der Waals surface area contributed by atoms with Crippen LogP contribution in [0.25, 0.3) is 11.5 Å². The molecule has 9 nitrogen and oxygen atoms in total. The van der Waals surface area contributed by atoms with Crippen molar-refractivity contribution in [3.63, 3.8) is 0 Å². The average Bonchev–Trinajstić information content (AvgIpc) is 3.44. The molecule has 0 aromatic carbocycles. The number of rotatable bonds is 5. The van der Waals surface area contributed by atoms with Crippen LogP contribution < -0.4 is 4.74 Å². The zero-order chi connectivity index (χ0) is 24.0. The second kappa shape index (κ2) is 8.33. The first-order valence-corrected chi connectivity index (χ1v) is 10.8. The number of carbonyl (C=O) groups excluding carboxylic acids is 1. The highest BCUT2D eigenvalue weighted by atomic mass is 19.4. The summed E-state index contributed by atoms with van der Waals surface area (Å²) in [4.78, 5) is 31.4. The Labute approximate surface area is 192 Å². The average molecular weight is 474 g/mol. The van der Waals surface area contributed by atoms with E-state index in [1.165, 1.54) is 0 Å². The molecule has 0 radical (unpaired) electrons. The molecular weight excluding hydrogens is 453 g/mol. The van der Waals surface area contributed by atoms with Crippen molar-refractivity contribution in [1.29, 1.82) is 0 Å². The van der Waals surface area contributed by atoms with Crippen LogP contribution >= 0.6 is 0 Å². The summed E-state index contributed by atoms with van der Waals surface area (Å²) in [7, 11) is 0. The van der Waals surface area contributed by atoms with E-state index in [9.17, 15) is 18.0 Å². The third-order valence-corrected chi connectivity index (χ3v) is 6.13. The van der Waals surface area contributed by atoms with Gasteiger partial charge in [0.05, 0.1) is 17.2 Å². The molecule has 2 fully saturated rings. The van der Waals surface area contributed by atoms with Crippen molar-refractivity contribution in [2.45, 2.75) is 38.9 Å². The van der Waals surface area contributed by atoms with Crippen molar-refractivity contribution in [3.8, 4) is 17.5 Å². The number of piperidine rings is 1. The Kier molecular flexibility index (Phi) is 5.45. The fourth-order valence-electron chi connectivity index (χ4n) is 4.25. The number of aromatic nitrogens is 5. The molecule has 0 spiro atoms. The van der Waals surface area contributed by atoms with E-state index in [4.69, 9.17) is 9.26 Å². The Balaban J connectivity index is 1.37. The summed E-state index contributed by atoms with van der Waals surface area (Å²) in [5.74, 6) is 1.27. The van der Waals surface area contributed by atoms with E-state index in [1.54, 1.807) is 30.9 Å². The number of likely N-dealkylation sites (tertiary alicyclic amines) is 1. The molecule has 0 bridgehead atoms. The minimum Gasteiger partial charge on any atom is -0.461 e. The highest BCUT2D eigenvalue weighted by Crippen LogP contribution is 2.47. The van der Waals surface area contributed by atoms with Crippen LogP contribution in [0, 0.1) is 25.7 Å². The van der Waals surface area contributed by atoms with Crippen LogP contribution in [0.5, 0.6) is 6.01 Å². The number of alkyl halides is 3. The van der Waals surface area contributed by atoms with Crippen LogP contribution in [-0.4, -0.2) is 55.1 Å². The van der Waals surface area contributed by atoms with Gasteiger partial charge in [-0.1, -0.05) is 5.16 Å². The summed E-state index contributed by atoms with van der Waals surface area (Å²) in [5.41, 5.74) is 0.360. The largest absolute Gasteiger partial charge is 0.461 e. The summed E-state index contributed by atoms with van der Waals surface area (Å²) in [5, 5.41) is 3.80. The SMILES string of the molecule is Cc1ccc(-c2nc(C)no2)c(C(=O)N2CC3CC3CC2COc2ncc(C(F)(F)F)cn2)n1. The third-order valence-electron chi connectivity index (χ3n) is 6.13. The number of halogens is 3. The Morgan fingerprint density at radius 2 is 1.91 bits per heavy atom. The Morgan fingerprint density at radius 1 is 1.15 bits per heavy atom. The Morgan fingerprint density at radius 3 is 2.59 bits per heavy atom. The van der Waals surface area contributed by atoms with Gasteiger partial charge < -0.3 is 14.2 Å². The first-order valence-electron chi connectivity index (χ1n) is 10.8. The predicted molar refractivity (Wildman–Crippen MR) is 111 cm³/mol. The lowest BCUT2D eigenvalue weighted by Crippen LogP contribution is -2.48. The lowest BCUT2D eigenvalue weighted by Gasteiger charge is -2.35. The zero-order valence-corrected chi connectivity index (χ0v) is 18.4. The van der Waals surface area contributed by atoms with Gasteiger partial charge in [0.2, 0.25) is 0 Å². The van der Waals surface area contributed by atoms with E-state index >= 15 is 0 Å². The lowest BCUT2D eigenvalue weighted by molar-refractivity contribution is -0.138. The molecule has 2 aliphatic rings. The molecule has 1 aliphatic carbocycles. The van der Waals surface area contributed by atoms with Crippen molar-refractivity contribution >= 4 is 5.91 Å². The molecular formula is C22H21F3N6O3. The van der Waals surface area contributed by atoms with Crippen LogP contribution in [0.4, 0.5) is 13.2 Å². The second-order valence-corrected chi connectivity index (χ2v) is 8.66. The molecule has 1 aliphatic heterocycles. The summed E-state index contributed by atoms with van der Waals surface area (Å²) < 4.78 is 49.1. The molecule has 4 heterocycles. The van der Waals surface area contributed by atoms with Gasteiger partial charge in [0.15, 0.2) is 5.82 Å². The quantitative estimate of drug-likeness (QED) is 0.553. The predicted octanol–water partition coefficient (Wildman–Crippen LogP) is 3.49. The van der Waals surface area contributed by atoms with Gasteiger partial charge in [0.25, 0.3) is 11.8 Å². The molecule has 0 N–H and O–H groups in total. The van der Waals surface area contributed by atoms with Gasteiger partial charge in [-0.3, -0.25) is 4.79 Å². The minimum absolute atomic E-state index is 0.0567. The van der Waals surface area contributed by atoms with E-state index < -0.39 is 11.7 Å². The fourth-order valence-corrected chi connectivity index (χ4v) is 4.25. The zero-order valence-electron chi connectivity index (χ0n) is 18.4. The van der Waals surface area contributed by atoms with E-state index in [0.29, 0.717) is 47.9 Å². The number of pyridine rings is 1.